The molecular formula is C88H57BBrO4. The van der Waals surface area contributed by atoms with Crippen molar-refractivity contribution >= 4 is 111 Å². The molecule has 0 aliphatic carbocycles. The molecule has 0 bridgehead atoms. The van der Waals surface area contributed by atoms with E-state index in [1.165, 1.54) is 88.0 Å². The zero-order valence-corrected chi connectivity index (χ0v) is 52.5. The highest BCUT2D eigenvalue weighted by molar-refractivity contribution is 9.10. The summed E-state index contributed by atoms with van der Waals surface area (Å²) in [6, 6.07) is 119. The van der Waals surface area contributed by atoms with Crippen molar-refractivity contribution < 1.29 is 18.5 Å². The predicted molar refractivity (Wildman–Crippen MR) is 398 cm³/mol. The van der Waals surface area contributed by atoms with Crippen molar-refractivity contribution in [2.45, 2.75) is 0 Å². The van der Waals surface area contributed by atoms with E-state index in [0.717, 1.165) is 89.1 Å². The van der Waals surface area contributed by atoms with Crippen molar-refractivity contribution in [2.24, 2.45) is 0 Å². The van der Waals surface area contributed by atoms with Gasteiger partial charge in [-0.2, -0.15) is 0 Å². The molecule has 0 atom stereocenters. The molecule has 6 heteroatoms. The van der Waals surface area contributed by atoms with E-state index in [1.807, 2.05) is 72.8 Å². The molecule has 2 heterocycles. The number of hydrogen-bond donors (Lipinski definition) is 1. The topological polar surface area (TPSA) is 55.7 Å². The fourth-order valence-electron chi connectivity index (χ4n) is 13.8. The maximum atomic E-state index is 9.37. The van der Waals surface area contributed by atoms with Crippen LogP contribution >= 0.6 is 15.9 Å². The second kappa shape index (κ2) is 25.3. The molecule has 18 rings (SSSR count). The minimum absolute atomic E-state index is 0.666. The number of halogens is 1. The Morgan fingerprint density at radius 2 is 0.521 bits per heavy atom. The zero-order valence-electron chi connectivity index (χ0n) is 51.0. The van der Waals surface area contributed by atoms with Gasteiger partial charge in [0.1, 0.15) is 28.1 Å². The fourth-order valence-corrected chi connectivity index (χ4v) is 14.1. The molecule has 16 aromatic carbocycles. The van der Waals surface area contributed by atoms with Crippen molar-refractivity contribution in [3.8, 4) is 83.6 Å². The fraction of sp³-hybridized carbons (Fsp3) is 0. The van der Waals surface area contributed by atoms with E-state index in [9.17, 15) is 5.02 Å². The number of benzene rings is 16. The van der Waals surface area contributed by atoms with E-state index in [2.05, 4.69) is 283 Å². The standard InChI is InChI=1S/C44H28O.C26H18BO2.C18H11BrO/c1-2-13-29(14-3-1)32-15-4-5-17-35(32)43-38-20-8-6-18-36(38)42(37-19-7-9-21-39(37)43)31-27-25-30(26-28-31)33-22-12-23-40-34-16-10-11-24-41(34)45-44(33)40;28-27-29-26-23-16-8-6-14-21(23)25(22-15-7-9-17-24(22)26)20-13-5-4-12-19(20)18-10-2-1-3-11-18;19-13-10-8-12(9-11-13)14-5-3-6-16-15-4-1-2-7-17(15)20-18(14)16/h1-28H;1-17,28H;1-11H. The quantitative estimate of drug-likeness (QED) is 0.116. The minimum Gasteiger partial charge on any atom is -0.537 e. The Morgan fingerprint density at radius 3 is 0.936 bits per heavy atom. The van der Waals surface area contributed by atoms with Crippen LogP contribution in [0.15, 0.2) is 353 Å². The summed E-state index contributed by atoms with van der Waals surface area (Å²) in [5.74, 6) is 0.666. The van der Waals surface area contributed by atoms with Gasteiger partial charge in [-0.1, -0.05) is 331 Å². The molecule has 4 nitrogen and oxygen atoms in total. The average Bonchev–Trinajstić information content (AvgIpc) is 1.07. The van der Waals surface area contributed by atoms with Crippen molar-refractivity contribution in [1.82, 2.24) is 0 Å². The highest BCUT2D eigenvalue weighted by Gasteiger charge is 2.22. The Labute approximate surface area is 553 Å². The van der Waals surface area contributed by atoms with Crippen LogP contribution in [0.3, 0.4) is 0 Å². The van der Waals surface area contributed by atoms with E-state index >= 15 is 0 Å². The van der Waals surface area contributed by atoms with E-state index in [-0.39, 0.29) is 0 Å². The van der Waals surface area contributed by atoms with Gasteiger partial charge in [-0.25, -0.2) is 0 Å². The first-order chi connectivity index (χ1) is 46.6. The molecule has 1 radical (unpaired) electrons. The lowest BCUT2D eigenvalue weighted by atomic mass is 9.83. The van der Waals surface area contributed by atoms with Crippen LogP contribution in [0.5, 0.6) is 5.75 Å². The first kappa shape index (κ1) is 57.6. The molecule has 18 aromatic rings. The SMILES string of the molecule is Brc1ccc(-c2cccc3c2oc2ccccc23)cc1.O[B]Oc1c2ccccc2c(-c2ccccc2-c2ccccc2)c2ccccc12.c1ccc(-c2ccccc2-c2c3ccccc3c(-c3ccc(-c4cccc5c4oc4ccccc45)cc3)c3ccccc23)cc1. The number of furan rings is 2. The Kier molecular flexibility index (Phi) is 15.5. The number of fused-ring (bicyclic) bond motifs is 10. The molecule has 0 saturated carbocycles. The second-order valence-corrected chi connectivity index (χ2v) is 24.2. The van der Waals surface area contributed by atoms with Gasteiger partial charge in [-0.3, -0.25) is 0 Å². The lowest BCUT2D eigenvalue weighted by Gasteiger charge is -2.19. The van der Waals surface area contributed by atoms with Crippen LogP contribution in [-0.4, -0.2) is 12.7 Å². The Hall–Kier alpha value is -11.5. The molecule has 0 spiro atoms. The van der Waals surface area contributed by atoms with Gasteiger partial charge < -0.3 is 18.5 Å². The van der Waals surface area contributed by atoms with Crippen molar-refractivity contribution in [3.63, 3.8) is 0 Å². The summed E-state index contributed by atoms with van der Waals surface area (Å²) in [6.07, 6.45) is 0. The molecule has 0 unspecified atom stereocenters. The van der Waals surface area contributed by atoms with Crippen molar-refractivity contribution in [3.05, 3.63) is 344 Å². The van der Waals surface area contributed by atoms with Crippen molar-refractivity contribution in [2.75, 3.05) is 0 Å². The summed E-state index contributed by atoms with van der Waals surface area (Å²) in [6.45, 7) is 0. The first-order valence-corrected chi connectivity index (χ1v) is 32.3. The molecule has 443 valence electrons. The van der Waals surface area contributed by atoms with Crippen LogP contribution in [-0.2, 0) is 0 Å². The van der Waals surface area contributed by atoms with Gasteiger partial charge in [0, 0.05) is 47.9 Å². The maximum Gasteiger partial charge on any atom is 0.569 e. The zero-order chi connectivity index (χ0) is 62.9. The van der Waals surface area contributed by atoms with Crippen LogP contribution < -0.4 is 4.65 Å². The van der Waals surface area contributed by atoms with Gasteiger partial charge in [0.2, 0.25) is 0 Å². The first-order valence-electron chi connectivity index (χ1n) is 31.5. The summed E-state index contributed by atoms with van der Waals surface area (Å²) in [7, 11) is 0.756. The van der Waals surface area contributed by atoms with Crippen LogP contribution in [0, 0.1) is 0 Å². The van der Waals surface area contributed by atoms with Gasteiger partial charge in [0.15, 0.2) is 0 Å². The van der Waals surface area contributed by atoms with E-state index in [4.69, 9.17) is 13.5 Å². The van der Waals surface area contributed by atoms with Gasteiger partial charge in [0.05, 0.1) is 0 Å². The van der Waals surface area contributed by atoms with Crippen LogP contribution in [0.1, 0.15) is 0 Å². The molecule has 94 heavy (non-hydrogen) atoms. The molecule has 0 fully saturated rings. The third kappa shape index (κ3) is 10.5. The molecule has 2 aromatic heterocycles. The molecule has 0 aliphatic rings. The van der Waals surface area contributed by atoms with E-state index in [0.29, 0.717) is 5.75 Å². The summed E-state index contributed by atoms with van der Waals surface area (Å²) in [4.78, 5) is 0. The summed E-state index contributed by atoms with van der Waals surface area (Å²) in [5, 5.41) is 23.1. The summed E-state index contributed by atoms with van der Waals surface area (Å²) in [5.41, 5.74) is 20.4. The van der Waals surface area contributed by atoms with Crippen molar-refractivity contribution in [1.29, 1.82) is 0 Å². The highest BCUT2D eigenvalue weighted by Crippen LogP contribution is 2.49. The largest absolute Gasteiger partial charge is 0.569 e. The molecule has 0 saturated heterocycles. The van der Waals surface area contributed by atoms with Gasteiger partial charge >= 0.3 is 7.69 Å². The predicted octanol–water partition coefficient (Wildman–Crippen LogP) is 24.8. The normalized spacial score (nSPS) is 11.3. The van der Waals surface area contributed by atoms with E-state index < -0.39 is 0 Å². The van der Waals surface area contributed by atoms with E-state index in [1.54, 1.807) is 0 Å². The number of hydrogen-bond acceptors (Lipinski definition) is 4. The lowest BCUT2D eigenvalue weighted by molar-refractivity contribution is 0.459. The maximum absolute atomic E-state index is 9.37. The highest BCUT2D eigenvalue weighted by atomic mass is 79.9. The average molecular weight is 1270 g/mol. The monoisotopic (exact) mass is 1270 g/mol. The molecule has 1 N–H and O–H groups in total. The van der Waals surface area contributed by atoms with Gasteiger partial charge in [0.25, 0.3) is 0 Å². The van der Waals surface area contributed by atoms with Crippen LogP contribution in [0.25, 0.3) is 165 Å². The summed E-state index contributed by atoms with van der Waals surface area (Å²) >= 11 is 3.47. The summed E-state index contributed by atoms with van der Waals surface area (Å²) < 4.78 is 19.1. The second-order valence-electron chi connectivity index (χ2n) is 23.3. The Balaban J connectivity index is 0.000000122. The number of rotatable bonds is 9. The Morgan fingerprint density at radius 1 is 0.234 bits per heavy atom. The third-order valence-electron chi connectivity index (χ3n) is 18.0. The Bertz CT molecular complexity index is 5700. The molecule has 0 aliphatic heterocycles. The molecule has 0 amide bonds. The third-order valence-corrected chi connectivity index (χ3v) is 18.5. The van der Waals surface area contributed by atoms with Crippen LogP contribution in [0.4, 0.5) is 0 Å². The number of para-hydroxylation sites is 4. The van der Waals surface area contributed by atoms with Crippen LogP contribution in [0.2, 0.25) is 0 Å². The smallest absolute Gasteiger partial charge is 0.537 e. The lowest BCUT2D eigenvalue weighted by Crippen LogP contribution is -2.02. The van der Waals surface area contributed by atoms with Gasteiger partial charge in [-0.15, -0.1) is 0 Å². The minimum atomic E-state index is 0.666. The van der Waals surface area contributed by atoms with Gasteiger partial charge in [-0.05, 0) is 123 Å². The molecular weight excluding hydrogens is 1210 g/mol.